The summed E-state index contributed by atoms with van der Waals surface area (Å²) in [4.78, 5) is 12.4. The van der Waals surface area contributed by atoms with Crippen molar-refractivity contribution in [2.24, 2.45) is 0 Å². The third-order valence-corrected chi connectivity index (χ3v) is 4.59. The van der Waals surface area contributed by atoms with Crippen LogP contribution < -0.4 is 10.1 Å². The van der Waals surface area contributed by atoms with Gasteiger partial charge in [0.1, 0.15) is 11.5 Å². The van der Waals surface area contributed by atoms with Crippen LogP contribution in [0.2, 0.25) is 10.0 Å². The smallest absolute Gasteiger partial charge is 0.257 e. The van der Waals surface area contributed by atoms with Crippen molar-refractivity contribution in [3.8, 4) is 11.5 Å². The molecule has 0 saturated carbocycles. The third kappa shape index (κ3) is 4.87. The molecule has 0 aromatic heterocycles. The van der Waals surface area contributed by atoms with Crippen LogP contribution in [0.15, 0.2) is 66.7 Å². The van der Waals surface area contributed by atoms with Crippen LogP contribution in [0.5, 0.6) is 11.5 Å². The van der Waals surface area contributed by atoms with Gasteiger partial charge in [0.2, 0.25) is 0 Å². The Balaban J connectivity index is 1.69. The lowest BCUT2D eigenvalue weighted by atomic mass is 10.2. The van der Waals surface area contributed by atoms with Crippen LogP contribution in [0.3, 0.4) is 0 Å². The lowest BCUT2D eigenvalue weighted by Gasteiger charge is -2.09. The van der Waals surface area contributed by atoms with Gasteiger partial charge in [0.25, 0.3) is 5.91 Å². The van der Waals surface area contributed by atoms with E-state index in [-0.39, 0.29) is 5.91 Å². The second kappa shape index (κ2) is 8.08. The summed E-state index contributed by atoms with van der Waals surface area (Å²) < 4.78 is 6.66. The van der Waals surface area contributed by atoms with Crippen molar-refractivity contribution in [2.45, 2.75) is 0 Å². The van der Waals surface area contributed by atoms with E-state index in [2.05, 4.69) is 27.9 Å². The molecule has 0 aliphatic carbocycles. The molecule has 0 spiro atoms. The maximum absolute atomic E-state index is 12.4. The van der Waals surface area contributed by atoms with Gasteiger partial charge < -0.3 is 10.1 Å². The van der Waals surface area contributed by atoms with E-state index in [4.69, 9.17) is 27.9 Å². The lowest BCUT2D eigenvalue weighted by Crippen LogP contribution is -2.12. The molecule has 0 heterocycles. The SMILES string of the molecule is O=C(Nc1ccc(Oc2ccc(Cl)cc2)cc1)c1cc(I)ccc1Cl. The molecule has 126 valence electrons. The van der Waals surface area contributed by atoms with Gasteiger partial charge in [0, 0.05) is 14.3 Å². The minimum Gasteiger partial charge on any atom is -0.457 e. The molecule has 0 atom stereocenters. The van der Waals surface area contributed by atoms with Gasteiger partial charge in [-0.05, 0) is 89.3 Å². The van der Waals surface area contributed by atoms with Gasteiger partial charge in [-0.3, -0.25) is 4.79 Å². The highest BCUT2D eigenvalue weighted by Gasteiger charge is 2.11. The fourth-order valence-corrected chi connectivity index (χ4v) is 2.94. The highest BCUT2D eigenvalue weighted by molar-refractivity contribution is 14.1. The van der Waals surface area contributed by atoms with Crippen molar-refractivity contribution in [1.29, 1.82) is 0 Å². The highest BCUT2D eigenvalue weighted by Crippen LogP contribution is 2.25. The van der Waals surface area contributed by atoms with Crippen LogP contribution in [0.1, 0.15) is 10.4 Å². The predicted octanol–water partition coefficient (Wildman–Crippen LogP) is 6.64. The normalized spacial score (nSPS) is 10.4. The van der Waals surface area contributed by atoms with E-state index in [0.29, 0.717) is 32.8 Å². The maximum Gasteiger partial charge on any atom is 0.257 e. The lowest BCUT2D eigenvalue weighted by molar-refractivity contribution is 0.102. The molecule has 0 fully saturated rings. The number of hydrogen-bond acceptors (Lipinski definition) is 2. The fraction of sp³-hybridized carbons (Fsp3) is 0. The minimum absolute atomic E-state index is 0.255. The van der Waals surface area contributed by atoms with E-state index in [1.54, 1.807) is 60.7 Å². The molecule has 25 heavy (non-hydrogen) atoms. The van der Waals surface area contributed by atoms with Crippen LogP contribution in [-0.2, 0) is 0 Å². The van der Waals surface area contributed by atoms with Crippen molar-refractivity contribution in [3.05, 3.63) is 85.9 Å². The zero-order valence-corrected chi connectivity index (χ0v) is 16.5. The van der Waals surface area contributed by atoms with E-state index in [0.717, 1.165) is 3.57 Å². The van der Waals surface area contributed by atoms with E-state index in [9.17, 15) is 4.79 Å². The number of rotatable bonds is 4. The average Bonchev–Trinajstić information content (AvgIpc) is 2.60. The van der Waals surface area contributed by atoms with Crippen molar-refractivity contribution in [2.75, 3.05) is 5.32 Å². The molecule has 1 amide bonds. The van der Waals surface area contributed by atoms with E-state index < -0.39 is 0 Å². The first-order valence-corrected chi connectivity index (χ1v) is 9.14. The first-order valence-electron chi connectivity index (χ1n) is 7.31. The highest BCUT2D eigenvalue weighted by atomic mass is 127. The predicted molar refractivity (Wildman–Crippen MR) is 110 cm³/mol. The largest absolute Gasteiger partial charge is 0.457 e. The Labute approximate surface area is 169 Å². The van der Waals surface area contributed by atoms with Crippen molar-refractivity contribution in [1.82, 2.24) is 0 Å². The molecule has 1 N–H and O–H groups in total. The van der Waals surface area contributed by atoms with Crippen LogP contribution >= 0.6 is 45.8 Å². The molecule has 3 rings (SSSR count). The average molecular weight is 484 g/mol. The molecule has 3 aromatic rings. The first-order chi connectivity index (χ1) is 12.0. The Kier molecular flexibility index (Phi) is 5.83. The molecule has 0 bridgehead atoms. The maximum atomic E-state index is 12.4. The van der Waals surface area contributed by atoms with E-state index in [1.165, 1.54) is 0 Å². The zero-order chi connectivity index (χ0) is 17.8. The van der Waals surface area contributed by atoms with Crippen LogP contribution in [0.4, 0.5) is 5.69 Å². The van der Waals surface area contributed by atoms with Gasteiger partial charge in [-0.25, -0.2) is 0 Å². The summed E-state index contributed by atoms with van der Waals surface area (Å²) >= 11 is 14.1. The van der Waals surface area contributed by atoms with Crippen LogP contribution in [-0.4, -0.2) is 5.91 Å². The van der Waals surface area contributed by atoms with Crippen LogP contribution in [0.25, 0.3) is 0 Å². The van der Waals surface area contributed by atoms with Gasteiger partial charge in [-0.2, -0.15) is 0 Å². The summed E-state index contributed by atoms with van der Waals surface area (Å²) in [6, 6.07) is 19.5. The molecule has 0 saturated heterocycles. The number of hydrogen-bond donors (Lipinski definition) is 1. The standard InChI is InChI=1S/C19H12Cl2INO2/c20-12-1-6-15(7-2-12)25-16-8-4-14(5-9-16)23-19(24)17-11-13(22)3-10-18(17)21/h1-11H,(H,23,24). The molecule has 6 heteroatoms. The summed E-state index contributed by atoms with van der Waals surface area (Å²) in [7, 11) is 0. The summed E-state index contributed by atoms with van der Waals surface area (Å²) in [5.74, 6) is 1.09. The summed E-state index contributed by atoms with van der Waals surface area (Å²) in [6.07, 6.45) is 0. The molecule has 0 aliphatic heterocycles. The molecular formula is C19H12Cl2INO2. The van der Waals surface area contributed by atoms with Crippen molar-refractivity contribution >= 4 is 57.4 Å². The summed E-state index contributed by atoms with van der Waals surface area (Å²) in [5.41, 5.74) is 1.10. The zero-order valence-electron chi connectivity index (χ0n) is 12.8. The van der Waals surface area contributed by atoms with E-state index >= 15 is 0 Å². The molecule has 0 unspecified atom stereocenters. The van der Waals surface area contributed by atoms with Crippen LogP contribution in [0, 0.1) is 3.57 Å². The topological polar surface area (TPSA) is 38.3 Å². The third-order valence-electron chi connectivity index (χ3n) is 3.33. The number of carbonyl (C=O) groups is 1. The second-order valence-electron chi connectivity index (χ2n) is 5.16. The Morgan fingerprint density at radius 2 is 1.48 bits per heavy atom. The number of benzene rings is 3. The first kappa shape index (κ1) is 18.0. The van der Waals surface area contributed by atoms with E-state index in [1.807, 2.05) is 6.07 Å². The van der Waals surface area contributed by atoms with Gasteiger partial charge in [-0.15, -0.1) is 0 Å². The fourth-order valence-electron chi connectivity index (χ4n) is 2.11. The molecule has 3 nitrogen and oxygen atoms in total. The Hall–Kier alpha value is -1.76. The number of nitrogens with one attached hydrogen (secondary N) is 1. The van der Waals surface area contributed by atoms with Gasteiger partial charge in [0.15, 0.2) is 0 Å². The van der Waals surface area contributed by atoms with Crippen molar-refractivity contribution in [3.63, 3.8) is 0 Å². The number of carbonyl (C=O) groups excluding carboxylic acids is 1. The van der Waals surface area contributed by atoms with Crippen molar-refractivity contribution < 1.29 is 9.53 Å². The monoisotopic (exact) mass is 483 g/mol. The van der Waals surface area contributed by atoms with Gasteiger partial charge in [0.05, 0.1) is 10.6 Å². The summed E-state index contributed by atoms with van der Waals surface area (Å²) in [5, 5.41) is 3.89. The Bertz CT molecular complexity index is 896. The number of halogens is 3. The quantitative estimate of drug-likeness (QED) is 0.422. The van der Waals surface area contributed by atoms with Gasteiger partial charge in [-0.1, -0.05) is 23.2 Å². The number of amides is 1. The number of anilines is 1. The minimum atomic E-state index is -0.255. The molecule has 0 aliphatic rings. The summed E-state index contributed by atoms with van der Waals surface area (Å²) in [6.45, 7) is 0. The Morgan fingerprint density at radius 1 is 0.880 bits per heavy atom. The molecule has 3 aromatic carbocycles. The number of ether oxygens (including phenoxy) is 1. The molecule has 0 radical (unpaired) electrons. The van der Waals surface area contributed by atoms with Gasteiger partial charge >= 0.3 is 0 Å². The Morgan fingerprint density at radius 3 is 2.12 bits per heavy atom. The molecular weight excluding hydrogens is 472 g/mol. The second-order valence-corrected chi connectivity index (χ2v) is 7.25.